The number of amides is 1. The van der Waals surface area contributed by atoms with Crippen molar-refractivity contribution < 1.29 is 9.53 Å². The Morgan fingerprint density at radius 1 is 1.42 bits per heavy atom. The zero-order valence-corrected chi connectivity index (χ0v) is 12.2. The molecule has 0 bridgehead atoms. The summed E-state index contributed by atoms with van der Waals surface area (Å²) in [5, 5.41) is 6.43. The summed E-state index contributed by atoms with van der Waals surface area (Å²) in [6.45, 7) is 3.47. The zero-order valence-electron chi connectivity index (χ0n) is 11.5. The highest BCUT2D eigenvalue weighted by Crippen LogP contribution is 2.28. The zero-order chi connectivity index (χ0) is 14.1. The highest BCUT2D eigenvalue weighted by atomic mass is 35.5. The van der Waals surface area contributed by atoms with Crippen molar-refractivity contribution in [2.45, 2.75) is 26.2 Å². The molecular weight excluding hydrogens is 264 g/mol. The van der Waals surface area contributed by atoms with Gasteiger partial charge in [0.05, 0.1) is 12.3 Å². The SMILES string of the molecule is CCCOc1ccc(Cl)cc1NC(=O)CCCNC. The van der Waals surface area contributed by atoms with Crippen LogP contribution in [0.2, 0.25) is 5.02 Å². The Balaban J connectivity index is 2.63. The molecule has 0 unspecified atom stereocenters. The molecule has 1 aromatic carbocycles. The van der Waals surface area contributed by atoms with Crippen molar-refractivity contribution in [2.24, 2.45) is 0 Å². The second-order valence-corrected chi connectivity index (χ2v) is 4.68. The van der Waals surface area contributed by atoms with Crippen molar-refractivity contribution in [1.29, 1.82) is 0 Å². The Morgan fingerprint density at radius 2 is 2.21 bits per heavy atom. The Labute approximate surface area is 119 Å². The molecule has 1 aromatic rings. The first-order valence-corrected chi connectivity index (χ1v) is 6.92. The van der Waals surface area contributed by atoms with Crippen LogP contribution in [0.4, 0.5) is 5.69 Å². The van der Waals surface area contributed by atoms with E-state index in [9.17, 15) is 4.79 Å². The molecule has 2 N–H and O–H groups in total. The number of halogens is 1. The Kier molecular flexibility index (Phi) is 7.30. The van der Waals surface area contributed by atoms with Crippen LogP contribution in [-0.2, 0) is 4.79 Å². The number of hydrogen-bond donors (Lipinski definition) is 2. The van der Waals surface area contributed by atoms with Gasteiger partial charge in [-0.3, -0.25) is 4.79 Å². The topological polar surface area (TPSA) is 50.4 Å². The molecule has 106 valence electrons. The lowest BCUT2D eigenvalue weighted by Gasteiger charge is -2.12. The highest BCUT2D eigenvalue weighted by Gasteiger charge is 2.08. The lowest BCUT2D eigenvalue weighted by molar-refractivity contribution is -0.116. The smallest absolute Gasteiger partial charge is 0.224 e. The Hall–Kier alpha value is -1.26. The van der Waals surface area contributed by atoms with Gasteiger partial charge in [0, 0.05) is 11.4 Å². The molecule has 0 saturated heterocycles. The number of ether oxygens (including phenoxy) is 1. The van der Waals surface area contributed by atoms with Crippen LogP contribution in [0.1, 0.15) is 26.2 Å². The summed E-state index contributed by atoms with van der Waals surface area (Å²) in [4.78, 5) is 11.8. The van der Waals surface area contributed by atoms with Crippen molar-refractivity contribution in [3.63, 3.8) is 0 Å². The van der Waals surface area contributed by atoms with Crippen LogP contribution in [0.5, 0.6) is 5.75 Å². The molecule has 0 aromatic heterocycles. The minimum atomic E-state index is -0.0288. The van der Waals surface area contributed by atoms with Gasteiger partial charge in [-0.05, 0) is 44.6 Å². The average Bonchev–Trinajstić information content (AvgIpc) is 2.38. The van der Waals surface area contributed by atoms with Crippen molar-refractivity contribution >= 4 is 23.2 Å². The minimum Gasteiger partial charge on any atom is -0.491 e. The third kappa shape index (κ3) is 5.94. The number of benzene rings is 1. The fraction of sp³-hybridized carbons (Fsp3) is 0.500. The molecule has 0 radical (unpaired) electrons. The average molecular weight is 285 g/mol. The summed E-state index contributed by atoms with van der Waals surface area (Å²) in [5.74, 6) is 0.632. The normalized spacial score (nSPS) is 10.3. The van der Waals surface area contributed by atoms with Crippen molar-refractivity contribution in [3.05, 3.63) is 23.2 Å². The standard InChI is InChI=1S/C14H21ClN2O2/c1-3-9-19-13-7-6-11(15)10-12(13)17-14(18)5-4-8-16-2/h6-7,10,16H,3-5,8-9H2,1-2H3,(H,17,18). The molecular formula is C14H21ClN2O2. The summed E-state index contributed by atoms with van der Waals surface area (Å²) in [6.07, 6.45) is 2.19. The van der Waals surface area contributed by atoms with Gasteiger partial charge in [-0.1, -0.05) is 18.5 Å². The van der Waals surface area contributed by atoms with Gasteiger partial charge in [-0.25, -0.2) is 0 Å². The third-order valence-corrected chi connectivity index (χ3v) is 2.74. The number of hydrogen-bond acceptors (Lipinski definition) is 3. The fourth-order valence-electron chi connectivity index (χ4n) is 1.58. The van der Waals surface area contributed by atoms with Gasteiger partial charge in [0.25, 0.3) is 0 Å². The predicted molar refractivity (Wildman–Crippen MR) is 79.0 cm³/mol. The van der Waals surface area contributed by atoms with Crippen molar-refractivity contribution in [1.82, 2.24) is 5.32 Å². The van der Waals surface area contributed by atoms with Crippen LogP contribution in [-0.4, -0.2) is 26.1 Å². The molecule has 1 rings (SSSR count). The second kappa shape index (κ2) is 8.77. The van der Waals surface area contributed by atoms with E-state index in [1.54, 1.807) is 18.2 Å². The lowest BCUT2D eigenvalue weighted by Crippen LogP contribution is -2.15. The summed E-state index contributed by atoms with van der Waals surface area (Å²) < 4.78 is 5.58. The van der Waals surface area contributed by atoms with Crippen LogP contribution < -0.4 is 15.4 Å². The fourth-order valence-corrected chi connectivity index (χ4v) is 1.75. The molecule has 5 heteroatoms. The maximum atomic E-state index is 11.8. The van der Waals surface area contributed by atoms with E-state index in [0.717, 1.165) is 19.4 Å². The first-order valence-electron chi connectivity index (χ1n) is 6.54. The van der Waals surface area contributed by atoms with E-state index in [1.807, 2.05) is 14.0 Å². The van der Waals surface area contributed by atoms with Gasteiger partial charge in [0.1, 0.15) is 5.75 Å². The van der Waals surface area contributed by atoms with Crippen LogP contribution in [0, 0.1) is 0 Å². The Morgan fingerprint density at radius 3 is 2.89 bits per heavy atom. The third-order valence-electron chi connectivity index (χ3n) is 2.51. The lowest BCUT2D eigenvalue weighted by atomic mass is 10.2. The summed E-state index contributed by atoms with van der Waals surface area (Å²) in [5.41, 5.74) is 0.635. The number of anilines is 1. The van der Waals surface area contributed by atoms with Crippen molar-refractivity contribution in [3.8, 4) is 5.75 Å². The quantitative estimate of drug-likeness (QED) is 0.721. The largest absolute Gasteiger partial charge is 0.491 e. The molecule has 0 fully saturated rings. The summed E-state index contributed by atoms with van der Waals surface area (Å²) in [6, 6.07) is 5.24. The predicted octanol–water partition coefficient (Wildman–Crippen LogP) is 3.07. The van der Waals surface area contributed by atoms with Gasteiger partial charge in [-0.2, -0.15) is 0 Å². The van der Waals surface area contributed by atoms with Crippen molar-refractivity contribution in [2.75, 3.05) is 25.5 Å². The number of carbonyl (C=O) groups is 1. The summed E-state index contributed by atoms with van der Waals surface area (Å²) >= 11 is 5.94. The van der Waals surface area contributed by atoms with Gasteiger partial charge in [-0.15, -0.1) is 0 Å². The molecule has 0 heterocycles. The van der Waals surface area contributed by atoms with Gasteiger partial charge in [0.2, 0.25) is 5.91 Å². The number of rotatable bonds is 8. The summed E-state index contributed by atoms with van der Waals surface area (Å²) in [7, 11) is 1.87. The van der Waals surface area contributed by atoms with Crippen LogP contribution in [0.15, 0.2) is 18.2 Å². The molecule has 19 heavy (non-hydrogen) atoms. The van der Waals surface area contributed by atoms with E-state index in [0.29, 0.717) is 29.5 Å². The maximum Gasteiger partial charge on any atom is 0.224 e. The molecule has 4 nitrogen and oxygen atoms in total. The first kappa shape index (κ1) is 15.8. The second-order valence-electron chi connectivity index (χ2n) is 4.24. The molecule has 0 aliphatic rings. The molecule has 0 atom stereocenters. The Bertz CT molecular complexity index is 410. The minimum absolute atomic E-state index is 0.0288. The number of nitrogens with one attached hydrogen (secondary N) is 2. The van der Waals surface area contributed by atoms with E-state index < -0.39 is 0 Å². The van der Waals surface area contributed by atoms with Gasteiger partial charge in [0.15, 0.2) is 0 Å². The van der Waals surface area contributed by atoms with Crippen LogP contribution in [0.25, 0.3) is 0 Å². The van der Waals surface area contributed by atoms with E-state index in [-0.39, 0.29) is 5.91 Å². The van der Waals surface area contributed by atoms with E-state index >= 15 is 0 Å². The molecule has 0 aliphatic carbocycles. The monoisotopic (exact) mass is 284 g/mol. The maximum absolute atomic E-state index is 11.8. The van der Waals surface area contributed by atoms with Crippen LogP contribution in [0.3, 0.4) is 0 Å². The highest BCUT2D eigenvalue weighted by molar-refractivity contribution is 6.31. The molecule has 0 saturated carbocycles. The van der Waals surface area contributed by atoms with E-state index in [1.165, 1.54) is 0 Å². The van der Waals surface area contributed by atoms with E-state index in [2.05, 4.69) is 10.6 Å². The molecule has 0 aliphatic heterocycles. The van der Waals surface area contributed by atoms with Gasteiger partial charge >= 0.3 is 0 Å². The number of carbonyl (C=O) groups excluding carboxylic acids is 1. The van der Waals surface area contributed by atoms with Gasteiger partial charge < -0.3 is 15.4 Å². The molecule has 1 amide bonds. The van der Waals surface area contributed by atoms with Crippen LogP contribution >= 0.6 is 11.6 Å². The van der Waals surface area contributed by atoms with E-state index in [4.69, 9.17) is 16.3 Å². The molecule has 0 spiro atoms. The first-order chi connectivity index (χ1) is 9.17.